The Morgan fingerprint density at radius 1 is 1.47 bits per heavy atom. The molecule has 0 heterocycles. The van der Waals surface area contributed by atoms with E-state index < -0.39 is 0 Å². The first kappa shape index (κ1) is 15.0. The SMILES string of the molecule is Cc1cc(N(CCC#N)CC(C)C)ccc1[N+](=O)[O-]. The predicted octanol–water partition coefficient (Wildman–Crippen LogP) is 3.28. The van der Waals surface area contributed by atoms with Crippen LogP contribution in [0, 0.1) is 34.3 Å². The quantitative estimate of drug-likeness (QED) is 0.582. The lowest BCUT2D eigenvalue weighted by Gasteiger charge is -2.26. The van der Waals surface area contributed by atoms with Crippen molar-refractivity contribution >= 4 is 11.4 Å². The lowest BCUT2D eigenvalue weighted by molar-refractivity contribution is -0.385. The van der Waals surface area contributed by atoms with Gasteiger partial charge < -0.3 is 4.90 Å². The topological polar surface area (TPSA) is 70.2 Å². The summed E-state index contributed by atoms with van der Waals surface area (Å²) in [5.74, 6) is 0.467. The fraction of sp³-hybridized carbons (Fsp3) is 0.500. The average molecular weight is 261 g/mol. The first-order chi connectivity index (χ1) is 8.95. The zero-order chi connectivity index (χ0) is 14.4. The second kappa shape index (κ2) is 6.74. The van der Waals surface area contributed by atoms with E-state index >= 15 is 0 Å². The molecule has 0 saturated heterocycles. The molecule has 1 rings (SSSR count). The highest BCUT2D eigenvalue weighted by Gasteiger charge is 2.14. The summed E-state index contributed by atoms with van der Waals surface area (Å²) < 4.78 is 0. The minimum atomic E-state index is -0.374. The number of nitro benzene ring substituents is 1. The van der Waals surface area contributed by atoms with Crippen LogP contribution >= 0.6 is 0 Å². The van der Waals surface area contributed by atoms with Crippen LogP contribution in [-0.2, 0) is 0 Å². The molecule has 1 aromatic rings. The van der Waals surface area contributed by atoms with E-state index in [2.05, 4.69) is 24.8 Å². The van der Waals surface area contributed by atoms with Crippen molar-refractivity contribution < 1.29 is 4.92 Å². The number of hydrogen-bond acceptors (Lipinski definition) is 4. The van der Waals surface area contributed by atoms with Crippen molar-refractivity contribution in [3.05, 3.63) is 33.9 Å². The summed E-state index contributed by atoms with van der Waals surface area (Å²) >= 11 is 0. The van der Waals surface area contributed by atoms with Crippen LogP contribution in [-0.4, -0.2) is 18.0 Å². The fourth-order valence-electron chi connectivity index (χ4n) is 1.99. The minimum Gasteiger partial charge on any atom is -0.370 e. The molecule has 0 radical (unpaired) electrons. The highest BCUT2D eigenvalue weighted by Crippen LogP contribution is 2.25. The summed E-state index contributed by atoms with van der Waals surface area (Å²) in [6.07, 6.45) is 0.447. The van der Waals surface area contributed by atoms with E-state index in [0.717, 1.165) is 12.2 Å². The maximum Gasteiger partial charge on any atom is 0.272 e. The standard InChI is InChI=1S/C14H19N3O2/c1-11(2)10-16(8-4-7-15)13-5-6-14(17(18)19)12(3)9-13/h5-6,9,11H,4,8,10H2,1-3H3. The average Bonchev–Trinajstić information content (AvgIpc) is 2.33. The van der Waals surface area contributed by atoms with Crippen molar-refractivity contribution in [1.29, 1.82) is 5.26 Å². The van der Waals surface area contributed by atoms with Crippen LogP contribution in [0.3, 0.4) is 0 Å². The van der Waals surface area contributed by atoms with Crippen molar-refractivity contribution in [3.63, 3.8) is 0 Å². The molecule has 0 saturated carbocycles. The highest BCUT2D eigenvalue weighted by atomic mass is 16.6. The highest BCUT2D eigenvalue weighted by molar-refractivity contribution is 5.55. The summed E-state index contributed by atoms with van der Waals surface area (Å²) in [4.78, 5) is 12.5. The lowest BCUT2D eigenvalue weighted by Crippen LogP contribution is -2.28. The molecule has 0 bridgehead atoms. The fourth-order valence-corrected chi connectivity index (χ4v) is 1.99. The molecule has 102 valence electrons. The van der Waals surface area contributed by atoms with Crippen LogP contribution in [0.25, 0.3) is 0 Å². The van der Waals surface area contributed by atoms with E-state index in [-0.39, 0.29) is 10.6 Å². The first-order valence-corrected chi connectivity index (χ1v) is 6.32. The Morgan fingerprint density at radius 2 is 2.16 bits per heavy atom. The van der Waals surface area contributed by atoms with Gasteiger partial charge in [0.05, 0.1) is 17.4 Å². The third-order valence-electron chi connectivity index (χ3n) is 2.82. The van der Waals surface area contributed by atoms with E-state index in [1.54, 1.807) is 13.0 Å². The van der Waals surface area contributed by atoms with Crippen molar-refractivity contribution in [2.24, 2.45) is 5.92 Å². The normalized spacial score (nSPS) is 10.3. The van der Waals surface area contributed by atoms with Crippen molar-refractivity contribution in [2.75, 3.05) is 18.0 Å². The Bertz CT molecular complexity index is 492. The Hall–Kier alpha value is -2.09. The largest absolute Gasteiger partial charge is 0.370 e. The summed E-state index contributed by atoms with van der Waals surface area (Å²) in [5.41, 5.74) is 1.72. The zero-order valence-corrected chi connectivity index (χ0v) is 11.6. The maximum atomic E-state index is 10.8. The molecule has 0 N–H and O–H groups in total. The molecule has 5 nitrogen and oxygen atoms in total. The van der Waals surface area contributed by atoms with Gasteiger partial charge in [-0.25, -0.2) is 0 Å². The molecule has 1 aromatic carbocycles. The van der Waals surface area contributed by atoms with Crippen molar-refractivity contribution in [2.45, 2.75) is 27.2 Å². The zero-order valence-electron chi connectivity index (χ0n) is 11.6. The lowest BCUT2D eigenvalue weighted by atomic mass is 10.1. The Morgan fingerprint density at radius 3 is 2.63 bits per heavy atom. The molecule has 0 aliphatic rings. The van der Waals surface area contributed by atoms with Crippen LogP contribution in [0.2, 0.25) is 0 Å². The summed E-state index contributed by atoms with van der Waals surface area (Å²) in [5, 5.41) is 19.5. The minimum absolute atomic E-state index is 0.133. The number of anilines is 1. The molecule has 0 fully saturated rings. The number of nitro groups is 1. The molecule has 0 spiro atoms. The molecule has 0 amide bonds. The number of hydrogen-bond donors (Lipinski definition) is 0. The number of rotatable bonds is 6. The molecule has 5 heteroatoms. The number of benzene rings is 1. The van der Waals surface area contributed by atoms with Gasteiger partial charge >= 0.3 is 0 Å². The molecule has 0 aromatic heterocycles. The summed E-state index contributed by atoms with van der Waals surface area (Å²) in [6.45, 7) is 7.43. The van der Waals surface area contributed by atoms with E-state index in [4.69, 9.17) is 5.26 Å². The van der Waals surface area contributed by atoms with Crippen molar-refractivity contribution in [1.82, 2.24) is 0 Å². The second-order valence-electron chi connectivity index (χ2n) is 4.98. The third-order valence-corrected chi connectivity index (χ3v) is 2.82. The summed E-state index contributed by atoms with van der Waals surface area (Å²) in [7, 11) is 0. The van der Waals surface area contributed by atoms with Gasteiger partial charge in [-0.2, -0.15) is 5.26 Å². The van der Waals surface area contributed by atoms with Gasteiger partial charge in [0.1, 0.15) is 0 Å². The van der Waals surface area contributed by atoms with E-state index in [9.17, 15) is 10.1 Å². The number of aryl methyl sites for hydroxylation is 1. The van der Waals surface area contributed by atoms with Crippen LogP contribution in [0.4, 0.5) is 11.4 Å². The van der Waals surface area contributed by atoms with Gasteiger partial charge in [-0.1, -0.05) is 13.8 Å². The smallest absolute Gasteiger partial charge is 0.272 e. The van der Waals surface area contributed by atoms with Gasteiger partial charge in [0, 0.05) is 30.4 Å². The number of nitrogens with zero attached hydrogens (tertiary/aromatic N) is 3. The summed E-state index contributed by atoms with van der Waals surface area (Å²) in [6, 6.07) is 7.24. The molecule has 0 atom stereocenters. The van der Waals surface area contributed by atoms with E-state index in [0.29, 0.717) is 24.4 Å². The van der Waals surface area contributed by atoms with Crippen LogP contribution < -0.4 is 4.90 Å². The second-order valence-corrected chi connectivity index (χ2v) is 4.98. The van der Waals surface area contributed by atoms with E-state index in [1.165, 1.54) is 6.07 Å². The Balaban J connectivity index is 2.99. The molecular weight excluding hydrogens is 242 g/mol. The van der Waals surface area contributed by atoms with Crippen LogP contribution in [0.1, 0.15) is 25.8 Å². The molecular formula is C14H19N3O2. The molecule has 0 unspecified atom stereocenters. The predicted molar refractivity (Wildman–Crippen MR) is 75.1 cm³/mol. The van der Waals surface area contributed by atoms with Crippen LogP contribution in [0.5, 0.6) is 0 Å². The molecule has 0 aliphatic carbocycles. The van der Waals surface area contributed by atoms with Gasteiger partial charge in [0.15, 0.2) is 0 Å². The van der Waals surface area contributed by atoms with Gasteiger partial charge in [-0.3, -0.25) is 10.1 Å². The van der Waals surface area contributed by atoms with Crippen LogP contribution in [0.15, 0.2) is 18.2 Å². The molecule has 19 heavy (non-hydrogen) atoms. The number of nitriles is 1. The van der Waals surface area contributed by atoms with Gasteiger partial charge in [-0.15, -0.1) is 0 Å². The van der Waals surface area contributed by atoms with Gasteiger partial charge in [-0.05, 0) is 25.0 Å². The first-order valence-electron chi connectivity index (χ1n) is 6.32. The van der Waals surface area contributed by atoms with Gasteiger partial charge in [0.25, 0.3) is 5.69 Å². The monoisotopic (exact) mass is 261 g/mol. The van der Waals surface area contributed by atoms with Crippen molar-refractivity contribution in [3.8, 4) is 6.07 Å². The Labute approximate surface area is 113 Å². The molecule has 0 aliphatic heterocycles. The third kappa shape index (κ3) is 4.25. The van der Waals surface area contributed by atoms with Gasteiger partial charge in [0.2, 0.25) is 0 Å². The van der Waals surface area contributed by atoms with E-state index in [1.807, 2.05) is 6.07 Å². The Kier molecular flexibility index (Phi) is 5.31. The maximum absolute atomic E-state index is 10.8.